The van der Waals surface area contributed by atoms with Crippen molar-refractivity contribution in [3.8, 4) is 17.1 Å². The third-order valence-corrected chi connectivity index (χ3v) is 11.4. The molecule has 4 aromatic rings. The van der Waals surface area contributed by atoms with Crippen molar-refractivity contribution in [2.24, 2.45) is 5.92 Å². The Hall–Kier alpha value is -4.62. The first kappa shape index (κ1) is 33.9. The molecule has 2 atom stereocenters. The molecule has 4 heterocycles. The molecular formula is C37H43N7O5S. The standard InChI is InChI=1S/C37H43N7O5S/c1-24-8-4-9-25(2)35(24)32-18-34-41-37(40-32)42-50(46,47)31-14-5-11-27(17-31)36(45)44(30(23-49-34)16-26-10-7-15-48-22-26)21-28-19-38-20-33(39-28)43(3)29-12-6-13-29/h4-5,8-9,11,14,17-20,26,29-30H,6-7,10,12-13,15-16,21-23H2,1-3H3,(H,40,41,42)/t26-,30+/m0/s1. The summed E-state index contributed by atoms with van der Waals surface area (Å²) in [7, 11) is -2.15. The second-order valence-corrected chi connectivity index (χ2v) is 15.3. The van der Waals surface area contributed by atoms with Crippen LogP contribution in [0.1, 0.15) is 65.7 Å². The molecule has 2 fully saturated rings. The van der Waals surface area contributed by atoms with Crippen LogP contribution in [0.3, 0.4) is 0 Å². The Morgan fingerprint density at radius 1 is 0.960 bits per heavy atom. The van der Waals surface area contributed by atoms with E-state index in [4.69, 9.17) is 14.5 Å². The molecule has 4 bridgehead atoms. The van der Waals surface area contributed by atoms with E-state index in [2.05, 4.69) is 24.6 Å². The second kappa shape index (κ2) is 14.3. The third-order valence-electron chi connectivity index (χ3n) is 10.0. The maximum Gasteiger partial charge on any atom is 0.264 e. The van der Waals surface area contributed by atoms with Crippen LogP contribution in [0.4, 0.5) is 11.8 Å². The highest BCUT2D eigenvalue weighted by Gasteiger charge is 2.32. The van der Waals surface area contributed by atoms with Gasteiger partial charge in [0.25, 0.3) is 15.9 Å². The third kappa shape index (κ3) is 7.29. The van der Waals surface area contributed by atoms with E-state index in [1.54, 1.807) is 35.5 Å². The van der Waals surface area contributed by atoms with Gasteiger partial charge >= 0.3 is 0 Å². The highest BCUT2D eigenvalue weighted by molar-refractivity contribution is 7.92. The van der Waals surface area contributed by atoms with E-state index < -0.39 is 16.1 Å². The quantitative estimate of drug-likeness (QED) is 0.261. The number of benzene rings is 2. The Bertz CT molecular complexity index is 1960. The largest absolute Gasteiger partial charge is 0.475 e. The molecule has 0 spiro atoms. The molecule has 1 N–H and O–H groups in total. The van der Waals surface area contributed by atoms with E-state index in [0.717, 1.165) is 54.8 Å². The smallest absolute Gasteiger partial charge is 0.264 e. The van der Waals surface area contributed by atoms with Crippen LogP contribution in [0.15, 0.2) is 65.8 Å². The fraction of sp³-hybridized carbons (Fsp3) is 0.432. The Morgan fingerprint density at radius 2 is 1.76 bits per heavy atom. The van der Waals surface area contributed by atoms with E-state index in [1.165, 1.54) is 18.6 Å². The number of hydrogen-bond donors (Lipinski definition) is 1. The molecule has 0 unspecified atom stereocenters. The lowest BCUT2D eigenvalue weighted by atomic mass is 9.92. The molecule has 2 aromatic heterocycles. The molecular weight excluding hydrogens is 655 g/mol. The van der Waals surface area contributed by atoms with Gasteiger partial charge in [-0.1, -0.05) is 24.3 Å². The number of nitrogens with one attached hydrogen (secondary N) is 1. The van der Waals surface area contributed by atoms with Crippen LogP contribution in [0.5, 0.6) is 5.88 Å². The Kier molecular flexibility index (Phi) is 9.69. The predicted octanol–water partition coefficient (Wildman–Crippen LogP) is 5.56. The van der Waals surface area contributed by atoms with E-state index in [-0.39, 0.29) is 47.3 Å². The summed E-state index contributed by atoms with van der Waals surface area (Å²) in [4.78, 5) is 37.0. The van der Waals surface area contributed by atoms with Crippen molar-refractivity contribution in [2.75, 3.05) is 36.5 Å². The Morgan fingerprint density at radius 3 is 2.50 bits per heavy atom. The van der Waals surface area contributed by atoms with Gasteiger partial charge in [-0.25, -0.2) is 23.1 Å². The summed E-state index contributed by atoms with van der Waals surface area (Å²) >= 11 is 0. The number of carbonyl (C=O) groups is 1. The minimum Gasteiger partial charge on any atom is -0.475 e. The predicted molar refractivity (Wildman–Crippen MR) is 190 cm³/mol. The normalized spacial score (nSPS) is 20.7. The van der Waals surface area contributed by atoms with Gasteiger partial charge in [-0.2, -0.15) is 4.98 Å². The Balaban J connectivity index is 1.32. The van der Waals surface area contributed by atoms with Gasteiger partial charge in [0.1, 0.15) is 12.4 Å². The van der Waals surface area contributed by atoms with Crippen molar-refractivity contribution >= 4 is 27.7 Å². The maximum atomic E-state index is 14.6. The minimum absolute atomic E-state index is 0.0766. The summed E-state index contributed by atoms with van der Waals surface area (Å²) in [5.74, 6) is 0.700. The van der Waals surface area contributed by atoms with Gasteiger partial charge in [0, 0.05) is 43.5 Å². The molecule has 50 heavy (non-hydrogen) atoms. The summed E-state index contributed by atoms with van der Waals surface area (Å²) in [6, 6.07) is 13.7. The van der Waals surface area contributed by atoms with Crippen molar-refractivity contribution < 1.29 is 22.7 Å². The number of aryl methyl sites for hydroxylation is 2. The van der Waals surface area contributed by atoms with Crippen molar-refractivity contribution in [1.29, 1.82) is 0 Å². The molecule has 12 nitrogen and oxygen atoms in total. The van der Waals surface area contributed by atoms with E-state index in [9.17, 15) is 13.2 Å². The number of rotatable bonds is 7. The van der Waals surface area contributed by atoms with Crippen molar-refractivity contribution in [3.63, 3.8) is 0 Å². The molecule has 7 rings (SSSR count). The average molecular weight is 698 g/mol. The zero-order valence-electron chi connectivity index (χ0n) is 28.7. The fourth-order valence-electron chi connectivity index (χ4n) is 7.02. The number of aromatic nitrogens is 4. The first-order chi connectivity index (χ1) is 24.1. The van der Waals surface area contributed by atoms with Crippen molar-refractivity contribution in [3.05, 3.63) is 83.3 Å². The molecule has 1 saturated heterocycles. The zero-order chi connectivity index (χ0) is 34.8. The van der Waals surface area contributed by atoms with Crippen LogP contribution in [-0.4, -0.2) is 78.1 Å². The summed E-state index contributed by atoms with van der Waals surface area (Å²) in [5, 5.41) is 0. The maximum absolute atomic E-state index is 14.6. The van der Waals surface area contributed by atoms with Gasteiger partial charge in [-0.3, -0.25) is 9.78 Å². The van der Waals surface area contributed by atoms with E-state index >= 15 is 0 Å². The van der Waals surface area contributed by atoms with Crippen LogP contribution >= 0.6 is 0 Å². The topological polar surface area (TPSA) is 140 Å². The summed E-state index contributed by atoms with van der Waals surface area (Å²) in [5.41, 5.74) is 4.21. The van der Waals surface area contributed by atoms with E-state index in [0.29, 0.717) is 30.5 Å². The van der Waals surface area contributed by atoms with Gasteiger partial charge in [0.2, 0.25) is 11.8 Å². The first-order valence-corrected chi connectivity index (χ1v) is 18.8. The van der Waals surface area contributed by atoms with E-state index in [1.807, 2.05) is 39.1 Å². The molecule has 262 valence electrons. The lowest BCUT2D eigenvalue weighted by Crippen LogP contribution is -2.45. The SMILES string of the molecule is Cc1cccc(C)c1-c1cc2nc(n1)NS(=O)(=O)c1cccc(c1)C(=O)N(Cc1cncc(N(C)C3CCC3)n1)[C@H](C[C@@H]1CCCOC1)CO2. The van der Waals surface area contributed by atoms with Gasteiger partial charge in [0.15, 0.2) is 0 Å². The molecule has 2 aromatic carbocycles. The summed E-state index contributed by atoms with van der Waals surface area (Å²) in [6.45, 7) is 5.53. The Labute approximate surface area is 293 Å². The number of fused-ring (bicyclic) bond motifs is 4. The second-order valence-electron chi connectivity index (χ2n) is 13.6. The zero-order valence-corrected chi connectivity index (χ0v) is 29.5. The molecule has 3 aliphatic rings. The lowest BCUT2D eigenvalue weighted by molar-refractivity contribution is 0.0250. The first-order valence-electron chi connectivity index (χ1n) is 17.3. The number of nitrogens with zero attached hydrogens (tertiary/aromatic N) is 6. The molecule has 13 heteroatoms. The van der Waals surface area contributed by atoms with Crippen LogP contribution in [0, 0.1) is 19.8 Å². The van der Waals surface area contributed by atoms with Crippen molar-refractivity contribution in [1.82, 2.24) is 24.8 Å². The average Bonchev–Trinajstić information content (AvgIpc) is 3.08. The number of ether oxygens (including phenoxy) is 2. The molecule has 1 aliphatic carbocycles. The summed E-state index contributed by atoms with van der Waals surface area (Å²) < 4.78 is 42.3. The molecule has 2 aliphatic heterocycles. The van der Waals surface area contributed by atoms with Gasteiger partial charge < -0.3 is 19.3 Å². The lowest BCUT2D eigenvalue weighted by Gasteiger charge is -2.36. The number of hydrogen-bond acceptors (Lipinski definition) is 10. The van der Waals surface area contributed by atoms with Crippen LogP contribution in [0.25, 0.3) is 11.3 Å². The summed E-state index contributed by atoms with van der Waals surface area (Å²) in [6.07, 6.45) is 9.37. The van der Waals surface area contributed by atoms with Crippen LogP contribution in [0.2, 0.25) is 0 Å². The van der Waals surface area contributed by atoms with Crippen LogP contribution < -0.4 is 14.4 Å². The highest BCUT2D eigenvalue weighted by Crippen LogP contribution is 2.32. The van der Waals surface area contributed by atoms with Gasteiger partial charge in [-0.15, -0.1) is 0 Å². The van der Waals surface area contributed by atoms with Gasteiger partial charge in [-0.05, 0) is 87.6 Å². The number of anilines is 2. The molecule has 1 amide bonds. The van der Waals surface area contributed by atoms with Crippen LogP contribution in [-0.2, 0) is 21.3 Å². The number of carbonyl (C=O) groups excluding carboxylic acids is 1. The van der Waals surface area contributed by atoms with Crippen molar-refractivity contribution in [2.45, 2.75) is 75.9 Å². The highest BCUT2D eigenvalue weighted by atomic mass is 32.2. The number of sulfonamides is 1. The molecule has 1 saturated carbocycles. The molecule has 0 radical (unpaired) electrons. The minimum atomic E-state index is -4.18. The monoisotopic (exact) mass is 697 g/mol. The number of amides is 1. The van der Waals surface area contributed by atoms with Gasteiger partial charge in [0.05, 0.1) is 41.3 Å². The fourth-order valence-corrected chi connectivity index (χ4v) is 8.01.